The fourth-order valence-electron chi connectivity index (χ4n) is 2.20. The molecule has 1 N–H and O–H groups in total. The summed E-state index contributed by atoms with van der Waals surface area (Å²) in [6.45, 7) is 3.28. The second-order valence-corrected chi connectivity index (χ2v) is 8.26. The molecule has 0 aliphatic rings. The van der Waals surface area contributed by atoms with Crippen LogP contribution >= 0.6 is 43.2 Å². The third-order valence-corrected chi connectivity index (χ3v) is 5.60. The van der Waals surface area contributed by atoms with Gasteiger partial charge in [-0.3, -0.25) is 0 Å². The van der Waals surface area contributed by atoms with E-state index in [0.717, 1.165) is 19.4 Å². The van der Waals surface area contributed by atoms with Crippen LogP contribution in [0, 0.1) is 0 Å². The quantitative estimate of drug-likeness (QED) is 0.634. The fourth-order valence-corrected chi connectivity index (χ4v) is 4.21. The second kappa shape index (κ2) is 8.32. The van der Waals surface area contributed by atoms with Gasteiger partial charge < -0.3 is 5.32 Å². The van der Waals surface area contributed by atoms with Crippen molar-refractivity contribution in [3.8, 4) is 0 Å². The van der Waals surface area contributed by atoms with E-state index in [1.54, 1.807) is 0 Å². The van der Waals surface area contributed by atoms with Gasteiger partial charge >= 0.3 is 0 Å². The van der Waals surface area contributed by atoms with E-state index in [9.17, 15) is 0 Å². The average molecular weight is 417 g/mol. The highest BCUT2D eigenvalue weighted by molar-refractivity contribution is 9.11. The zero-order valence-corrected chi connectivity index (χ0v) is 15.5. The van der Waals surface area contributed by atoms with Crippen molar-refractivity contribution in [3.05, 3.63) is 55.1 Å². The van der Waals surface area contributed by atoms with E-state index >= 15 is 0 Å². The third-order valence-electron chi connectivity index (χ3n) is 3.18. The van der Waals surface area contributed by atoms with Crippen molar-refractivity contribution in [2.75, 3.05) is 6.54 Å². The number of hydrogen-bond donors (Lipinski definition) is 1. The number of halogens is 2. The van der Waals surface area contributed by atoms with Crippen LogP contribution in [0.5, 0.6) is 0 Å². The molecule has 0 radical (unpaired) electrons. The molecule has 0 amide bonds. The summed E-state index contributed by atoms with van der Waals surface area (Å²) in [5.74, 6) is 0. The first-order valence-electron chi connectivity index (χ1n) is 6.90. The van der Waals surface area contributed by atoms with Gasteiger partial charge in [-0.25, -0.2) is 0 Å². The van der Waals surface area contributed by atoms with Gasteiger partial charge in [-0.2, -0.15) is 0 Å². The van der Waals surface area contributed by atoms with Crippen LogP contribution in [0.15, 0.2) is 44.7 Å². The summed E-state index contributed by atoms with van der Waals surface area (Å²) in [6.07, 6.45) is 3.30. The first-order valence-corrected chi connectivity index (χ1v) is 9.30. The number of hydrogen-bond acceptors (Lipinski definition) is 2. The highest BCUT2D eigenvalue weighted by Crippen LogP contribution is 2.25. The van der Waals surface area contributed by atoms with Gasteiger partial charge in [0.25, 0.3) is 0 Å². The molecule has 4 heteroatoms. The van der Waals surface area contributed by atoms with Crippen molar-refractivity contribution >= 4 is 43.2 Å². The van der Waals surface area contributed by atoms with Gasteiger partial charge in [-0.05, 0) is 65.5 Å². The Morgan fingerprint density at radius 3 is 2.55 bits per heavy atom. The van der Waals surface area contributed by atoms with Gasteiger partial charge in [0.15, 0.2) is 0 Å². The summed E-state index contributed by atoms with van der Waals surface area (Å²) >= 11 is 9.02. The molecule has 0 saturated heterocycles. The summed E-state index contributed by atoms with van der Waals surface area (Å²) in [5, 5.41) is 3.67. The number of thiophene rings is 1. The van der Waals surface area contributed by atoms with Gasteiger partial charge in [0.1, 0.15) is 0 Å². The summed E-state index contributed by atoms with van der Waals surface area (Å²) in [4.78, 5) is 1.43. The Labute approximate surface area is 142 Å². The van der Waals surface area contributed by atoms with Crippen molar-refractivity contribution in [1.82, 2.24) is 5.32 Å². The zero-order valence-electron chi connectivity index (χ0n) is 11.5. The first-order chi connectivity index (χ1) is 9.69. The first kappa shape index (κ1) is 16.2. The lowest BCUT2D eigenvalue weighted by atomic mass is 10.0. The van der Waals surface area contributed by atoms with Crippen LogP contribution in [0.25, 0.3) is 0 Å². The normalized spacial score (nSPS) is 12.6. The molecule has 0 spiro atoms. The molecular weight excluding hydrogens is 398 g/mol. The molecule has 1 aromatic heterocycles. The highest BCUT2D eigenvalue weighted by Gasteiger charge is 2.12. The lowest BCUT2D eigenvalue weighted by Crippen LogP contribution is -2.33. The second-order valence-electron chi connectivity index (χ2n) is 4.86. The fraction of sp³-hybridized carbons (Fsp3) is 0.375. The topological polar surface area (TPSA) is 12.0 Å². The van der Waals surface area contributed by atoms with Crippen molar-refractivity contribution in [1.29, 1.82) is 0 Å². The summed E-state index contributed by atoms with van der Waals surface area (Å²) in [6, 6.07) is 13.3. The Morgan fingerprint density at radius 1 is 1.10 bits per heavy atom. The minimum absolute atomic E-state index is 0.485. The molecule has 0 bridgehead atoms. The van der Waals surface area contributed by atoms with E-state index in [0.29, 0.717) is 6.04 Å². The lowest BCUT2D eigenvalue weighted by Gasteiger charge is -2.18. The van der Waals surface area contributed by atoms with Crippen LogP contribution in [-0.4, -0.2) is 12.6 Å². The van der Waals surface area contributed by atoms with E-state index in [1.165, 1.54) is 25.1 Å². The predicted molar refractivity (Wildman–Crippen MR) is 95.7 cm³/mol. The lowest BCUT2D eigenvalue weighted by molar-refractivity contribution is 0.507. The van der Waals surface area contributed by atoms with Crippen LogP contribution in [0.4, 0.5) is 0 Å². The Kier molecular flexibility index (Phi) is 6.75. The average Bonchev–Trinajstić information content (AvgIpc) is 2.84. The van der Waals surface area contributed by atoms with Crippen LogP contribution in [0.1, 0.15) is 23.8 Å². The Bertz CT molecular complexity index is 539. The van der Waals surface area contributed by atoms with E-state index in [1.807, 2.05) is 11.3 Å². The largest absolute Gasteiger partial charge is 0.313 e. The van der Waals surface area contributed by atoms with Crippen molar-refractivity contribution in [2.24, 2.45) is 0 Å². The van der Waals surface area contributed by atoms with E-state index < -0.39 is 0 Å². The molecule has 2 aromatic rings. The maximum atomic E-state index is 3.67. The van der Waals surface area contributed by atoms with Crippen molar-refractivity contribution in [2.45, 2.75) is 32.2 Å². The van der Waals surface area contributed by atoms with E-state index in [4.69, 9.17) is 0 Å². The van der Waals surface area contributed by atoms with Gasteiger partial charge in [-0.15, -0.1) is 11.3 Å². The van der Waals surface area contributed by atoms with E-state index in [-0.39, 0.29) is 0 Å². The molecule has 0 saturated carbocycles. The maximum absolute atomic E-state index is 3.67. The predicted octanol–water partition coefficient (Wildman–Crippen LogP) is 5.43. The van der Waals surface area contributed by atoms with Crippen LogP contribution < -0.4 is 5.32 Å². The highest BCUT2D eigenvalue weighted by atomic mass is 79.9. The van der Waals surface area contributed by atoms with Crippen molar-refractivity contribution in [3.63, 3.8) is 0 Å². The Balaban J connectivity index is 2.05. The summed E-state index contributed by atoms with van der Waals surface area (Å²) in [5.41, 5.74) is 1.37. The molecule has 1 unspecified atom stereocenters. The number of nitrogens with one attached hydrogen (secondary N) is 1. The Morgan fingerprint density at radius 2 is 1.90 bits per heavy atom. The van der Waals surface area contributed by atoms with E-state index in [2.05, 4.69) is 80.5 Å². The molecule has 0 aliphatic carbocycles. The summed E-state index contributed by atoms with van der Waals surface area (Å²) < 4.78 is 2.42. The molecule has 1 aromatic carbocycles. The Hall–Kier alpha value is -0.160. The van der Waals surface area contributed by atoms with Gasteiger partial charge in [-0.1, -0.05) is 41.1 Å². The molecule has 1 heterocycles. The maximum Gasteiger partial charge on any atom is 0.0701 e. The molecule has 2 rings (SSSR count). The van der Waals surface area contributed by atoms with Crippen LogP contribution in [-0.2, 0) is 12.8 Å². The molecule has 0 aliphatic heterocycles. The van der Waals surface area contributed by atoms with Gasteiger partial charge in [0, 0.05) is 15.4 Å². The minimum Gasteiger partial charge on any atom is -0.313 e. The monoisotopic (exact) mass is 415 g/mol. The molecule has 0 fully saturated rings. The summed E-state index contributed by atoms with van der Waals surface area (Å²) in [7, 11) is 0. The molecule has 20 heavy (non-hydrogen) atoms. The standard InChI is InChI=1S/C16H19Br2NS/c1-2-9-19-13(11-14-7-8-16(18)20-14)10-12-5-3-4-6-15(12)17/h3-8,13,19H,2,9-11H2,1H3. The third kappa shape index (κ3) is 4.99. The molecule has 1 atom stereocenters. The van der Waals surface area contributed by atoms with Crippen molar-refractivity contribution < 1.29 is 0 Å². The smallest absolute Gasteiger partial charge is 0.0701 e. The zero-order chi connectivity index (χ0) is 14.4. The molecule has 108 valence electrons. The van der Waals surface area contributed by atoms with Crippen LogP contribution in [0.3, 0.4) is 0 Å². The van der Waals surface area contributed by atoms with Gasteiger partial charge in [0.05, 0.1) is 3.79 Å². The van der Waals surface area contributed by atoms with Crippen LogP contribution in [0.2, 0.25) is 0 Å². The number of rotatable bonds is 7. The van der Waals surface area contributed by atoms with Gasteiger partial charge in [0.2, 0.25) is 0 Å². The molecular formula is C16H19Br2NS. The minimum atomic E-state index is 0.485. The number of benzene rings is 1. The molecule has 1 nitrogen and oxygen atoms in total. The SMILES string of the molecule is CCCNC(Cc1ccc(Br)s1)Cc1ccccc1Br.